The van der Waals surface area contributed by atoms with Crippen LogP contribution in [-0.4, -0.2) is 55.3 Å². The molecule has 9 heteroatoms. The minimum Gasteiger partial charge on any atom is -0.494 e. The van der Waals surface area contributed by atoms with Crippen molar-refractivity contribution in [1.82, 2.24) is 4.90 Å². The van der Waals surface area contributed by atoms with E-state index in [1.807, 2.05) is 0 Å². The van der Waals surface area contributed by atoms with Gasteiger partial charge in [-0.25, -0.2) is 13.6 Å². The molecule has 2 aromatic carbocycles. The zero-order valence-corrected chi connectivity index (χ0v) is 21.6. The summed E-state index contributed by atoms with van der Waals surface area (Å²) in [6, 6.07) is 8.53. The number of rotatable bonds is 8. The molecule has 0 aliphatic carbocycles. The standard InChI is InChI=1S/C27H35F2N3O4/c1-6-7-14-35-21-10-8-18(9-11-21)25(33)30-19-15-22(28)24(23(29)16-19)32-13-12-20(17-32)31(5)26(34)36-27(2,3)4/h8-11,15-16,20H,6-7,12-14,17H2,1-5H3,(H,30,33). The Labute approximate surface area is 211 Å². The van der Waals surface area contributed by atoms with Gasteiger partial charge in [0.15, 0.2) is 11.6 Å². The Bertz CT molecular complexity index is 1050. The van der Waals surface area contributed by atoms with E-state index in [0.29, 0.717) is 30.9 Å². The van der Waals surface area contributed by atoms with Gasteiger partial charge in [-0.1, -0.05) is 13.3 Å². The van der Waals surface area contributed by atoms with Crippen molar-refractivity contribution in [2.75, 3.05) is 37.0 Å². The number of hydrogen-bond acceptors (Lipinski definition) is 5. The van der Waals surface area contributed by atoms with Crippen LogP contribution in [0.3, 0.4) is 0 Å². The molecular weight excluding hydrogens is 468 g/mol. The number of carbonyl (C=O) groups is 2. The van der Waals surface area contributed by atoms with Gasteiger partial charge < -0.3 is 24.6 Å². The van der Waals surface area contributed by atoms with Crippen molar-refractivity contribution < 1.29 is 27.8 Å². The van der Waals surface area contributed by atoms with Crippen LogP contribution in [-0.2, 0) is 4.74 Å². The maximum Gasteiger partial charge on any atom is 0.410 e. The van der Waals surface area contributed by atoms with Crippen LogP contribution in [0.1, 0.15) is 57.3 Å². The van der Waals surface area contributed by atoms with Crippen molar-refractivity contribution in [3.63, 3.8) is 0 Å². The van der Waals surface area contributed by atoms with Crippen LogP contribution in [0.5, 0.6) is 5.75 Å². The average Bonchev–Trinajstić information content (AvgIpc) is 3.27. The first kappa shape index (κ1) is 27.2. The Morgan fingerprint density at radius 2 is 1.78 bits per heavy atom. The first-order valence-corrected chi connectivity index (χ1v) is 12.2. The topological polar surface area (TPSA) is 71.1 Å². The van der Waals surface area contributed by atoms with E-state index in [0.717, 1.165) is 25.0 Å². The highest BCUT2D eigenvalue weighted by atomic mass is 19.1. The number of carbonyl (C=O) groups excluding carboxylic acids is 2. The van der Waals surface area contributed by atoms with E-state index in [2.05, 4.69) is 12.2 Å². The van der Waals surface area contributed by atoms with Gasteiger partial charge in [-0.15, -0.1) is 0 Å². The minimum atomic E-state index is -0.787. The predicted octanol–water partition coefficient (Wildman–Crippen LogP) is 5.84. The Kier molecular flexibility index (Phi) is 8.76. The molecule has 3 rings (SSSR count). The quantitative estimate of drug-likeness (QED) is 0.458. The van der Waals surface area contributed by atoms with Crippen molar-refractivity contribution in [1.29, 1.82) is 0 Å². The molecule has 196 valence electrons. The van der Waals surface area contributed by atoms with Crippen LogP contribution in [0.15, 0.2) is 36.4 Å². The monoisotopic (exact) mass is 503 g/mol. The van der Waals surface area contributed by atoms with Gasteiger partial charge in [0.1, 0.15) is 17.0 Å². The van der Waals surface area contributed by atoms with Gasteiger partial charge >= 0.3 is 6.09 Å². The van der Waals surface area contributed by atoms with Crippen molar-refractivity contribution >= 4 is 23.4 Å². The summed E-state index contributed by atoms with van der Waals surface area (Å²) < 4.78 is 40.9. The summed E-state index contributed by atoms with van der Waals surface area (Å²) in [6.07, 6.45) is 2.03. The van der Waals surface area contributed by atoms with E-state index in [1.165, 1.54) is 4.90 Å². The largest absolute Gasteiger partial charge is 0.494 e. The third-order valence-electron chi connectivity index (χ3n) is 5.87. The van der Waals surface area contributed by atoms with Crippen LogP contribution < -0.4 is 15.0 Å². The smallest absolute Gasteiger partial charge is 0.410 e. The molecule has 1 unspecified atom stereocenters. The third-order valence-corrected chi connectivity index (χ3v) is 5.87. The molecule has 1 aliphatic heterocycles. The molecular formula is C27H35F2N3O4. The second-order valence-corrected chi connectivity index (χ2v) is 9.95. The second-order valence-electron chi connectivity index (χ2n) is 9.95. The number of anilines is 2. The van der Waals surface area contributed by atoms with E-state index < -0.39 is 29.2 Å². The summed E-state index contributed by atoms with van der Waals surface area (Å²) >= 11 is 0. The van der Waals surface area contributed by atoms with Gasteiger partial charge in [0, 0.05) is 31.4 Å². The molecule has 2 amide bonds. The molecule has 7 nitrogen and oxygen atoms in total. The molecule has 1 atom stereocenters. The number of nitrogens with one attached hydrogen (secondary N) is 1. The molecule has 1 aliphatic rings. The summed E-state index contributed by atoms with van der Waals surface area (Å²) in [6.45, 7) is 8.66. The molecule has 1 saturated heterocycles. The number of halogens is 2. The van der Waals surface area contributed by atoms with E-state index in [1.54, 1.807) is 57.0 Å². The molecule has 0 radical (unpaired) electrons. The summed E-state index contributed by atoms with van der Waals surface area (Å²) in [7, 11) is 1.62. The van der Waals surface area contributed by atoms with Crippen LogP contribution in [0.4, 0.5) is 25.0 Å². The molecule has 1 N–H and O–H groups in total. The fourth-order valence-electron chi connectivity index (χ4n) is 3.92. The Morgan fingerprint density at radius 1 is 1.14 bits per heavy atom. The molecule has 1 heterocycles. The lowest BCUT2D eigenvalue weighted by atomic mass is 10.2. The third kappa shape index (κ3) is 7.08. The molecule has 0 saturated carbocycles. The van der Waals surface area contributed by atoms with Gasteiger partial charge in [-0.3, -0.25) is 4.79 Å². The Morgan fingerprint density at radius 3 is 2.36 bits per heavy atom. The number of ether oxygens (including phenoxy) is 2. The Hall–Kier alpha value is -3.36. The van der Waals surface area contributed by atoms with E-state index in [4.69, 9.17) is 9.47 Å². The van der Waals surface area contributed by atoms with Crippen molar-refractivity contribution in [3.05, 3.63) is 53.6 Å². The lowest BCUT2D eigenvalue weighted by Crippen LogP contribution is -2.42. The zero-order chi connectivity index (χ0) is 26.5. The normalized spacial score (nSPS) is 15.5. The lowest BCUT2D eigenvalue weighted by Gasteiger charge is -2.29. The maximum absolute atomic E-state index is 15.0. The number of amides is 2. The van der Waals surface area contributed by atoms with E-state index >= 15 is 0 Å². The highest BCUT2D eigenvalue weighted by molar-refractivity contribution is 6.04. The summed E-state index contributed by atoms with van der Waals surface area (Å²) in [5.74, 6) is -1.40. The van der Waals surface area contributed by atoms with Gasteiger partial charge in [-0.05, 0) is 70.0 Å². The predicted molar refractivity (Wildman–Crippen MR) is 136 cm³/mol. The number of unbranched alkanes of at least 4 members (excludes halogenated alkanes) is 1. The minimum absolute atomic E-state index is 0.0173. The van der Waals surface area contributed by atoms with Gasteiger partial charge in [-0.2, -0.15) is 0 Å². The highest BCUT2D eigenvalue weighted by Gasteiger charge is 2.33. The highest BCUT2D eigenvalue weighted by Crippen LogP contribution is 2.31. The van der Waals surface area contributed by atoms with Crippen LogP contribution >= 0.6 is 0 Å². The fourth-order valence-corrected chi connectivity index (χ4v) is 3.92. The van der Waals surface area contributed by atoms with Crippen LogP contribution in [0, 0.1) is 11.6 Å². The first-order valence-electron chi connectivity index (χ1n) is 12.2. The van der Waals surface area contributed by atoms with Gasteiger partial charge in [0.05, 0.1) is 12.6 Å². The molecule has 0 spiro atoms. The number of hydrogen-bond donors (Lipinski definition) is 1. The maximum atomic E-state index is 15.0. The van der Waals surface area contributed by atoms with Gasteiger partial charge in [0.2, 0.25) is 0 Å². The first-order chi connectivity index (χ1) is 17.0. The molecule has 0 aromatic heterocycles. The number of likely N-dealkylation sites (N-methyl/N-ethyl adjacent to an activating group) is 1. The number of benzene rings is 2. The fraction of sp³-hybridized carbons (Fsp3) is 0.481. The van der Waals surface area contributed by atoms with Gasteiger partial charge in [0.25, 0.3) is 5.91 Å². The molecule has 2 aromatic rings. The second kappa shape index (κ2) is 11.6. The molecule has 36 heavy (non-hydrogen) atoms. The summed E-state index contributed by atoms with van der Waals surface area (Å²) in [5, 5.41) is 2.55. The molecule has 1 fully saturated rings. The lowest BCUT2D eigenvalue weighted by molar-refractivity contribution is 0.0237. The van der Waals surface area contributed by atoms with Crippen molar-refractivity contribution in [2.45, 2.75) is 58.6 Å². The molecule has 0 bridgehead atoms. The SMILES string of the molecule is CCCCOc1ccc(C(=O)Nc2cc(F)c(N3CCC(N(C)C(=O)OC(C)(C)C)C3)c(F)c2)cc1. The van der Waals surface area contributed by atoms with E-state index in [-0.39, 0.29) is 24.0 Å². The average molecular weight is 504 g/mol. The van der Waals surface area contributed by atoms with Crippen molar-refractivity contribution in [2.24, 2.45) is 0 Å². The van der Waals surface area contributed by atoms with Crippen molar-refractivity contribution in [3.8, 4) is 5.75 Å². The van der Waals surface area contributed by atoms with Crippen LogP contribution in [0.2, 0.25) is 0 Å². The summed E-state index contributed by atoms with van der Waals surface area (Å²) in [5.41, 5.74) is -0.451. The Balaban J connectivity index is 1.63. The summed E-state index contributed by atoms with van der Waals surface area (Å²) in [4.78, 5) is 28.0. The zero-order valence-electron chi connectivity index (χ0n) is 21.6. The number of nitrogens with zero attached hydrogens (tertiary/aromatic N) is 2. The van der Waals surface area contributed by atoms with E-state index in [9.17, 15) is 18.4 Å². The van der Waals surface area contributed by atoms with Crippen LogP contribution in [0.25, 0.3) is 0 Å².